The van der Waals surface area contributed by atoms with E-state index in [2.05, 4.69) is 17.1 Å². The van der Waals surface area contributed by atoms with Gasteiger partial charge in [0, 0.05) is 37.8 Å². The molecule has 1 aliphatic heterocycles. The molecular formula is C14H20Cl3FN2. The van der Waals surface area contributed by atoms with Crippen LogP contribution in [0, 0.1) is 5.82 Å². The number of nitrogens with one attached hydrogen (secondary N) is 1. The SMILES string of the molecule is CCC[C@@H](c1c(F)ccc(Cl)c1Cl)N1CCNCC1.Cl. The molecule has 1 heterocycles. The Balaban J connectivity index is 0.00000200. The van der Waals surface area contributed by atoms with Gasteiger partial charge in [0.25, 0.3) is 0 Å². The van der Waals surface area contributed by atoms with E-state index in [9.17, 15) is 4.39 Å². The molecule has 114 valence electrons. The van der Waals surface area contributed by atoms with Gasteiger partial charge in [0.05, 0.1) is 10.0 Å². The number of hydrogen-bond donors (Lipinski definition) is 1. The van der Waals surface area contributed by atoms with Gasteiger partial charge in [0.15, 0.2) is 0 Å². The van der Waals surface area contributed by atoms with Crippen molar-refractivity contribution in [2.75, 3.05) is 26.2 Å². The number of piperazine rings is 1. The van der Waals surface area contributed by atoms with Crippen molar-refractivity contribution in [2.24, 2.45) is 0 Å². The molecule has 1 aromatic rings. The molecule has 0 bridgehead atoms. The maximum Gasteiger partial charge on any atom is 0.129 e. The first-order chi connectivity index (χ1) is 9.15. The van der Waals surface area contributed by atoms with Gasteiger partial charge < -0.3 is 5.32 Å². The van der Waals surface area contributed by atoms with Crippen LogP contribution in [0.3, 0.4) is 0 Å². The van der Waals surface area contributed by atoms with E-state index in [0.717, 1.165) is 39.0 Å². The summed E-state index contributed by atoms with van der Waals surface area (Å²) in [6.07, 6.45) is 1.87. The van der Waals surface area contributed by atoms with Gasteiger partial charge in [-0.3, -0.25) is 4.90 Å². The van der Waals surface area contributed by atoms with Crippen molar-refractivity contribution in [2.45, 2.75) is 25.8 Å². The number of nitrogens with zero attached hydrogens (tertiary/aromatic N) is 1. The smallest absolute Gasteiger partial charge is 0.129 e. The van der Waals surface area contributed by atoms with Gasteiger partial charge in [0.2, 0.25) is 0 Å². The van der Waals surface area contributed by atoms with Crippen LogP contribution >= 0.6 is 35.6 Å². The number of halogens is 4. The van der Waals surface area contributed by atoms with E-state index in [0.29, 0.717) is 15.6 Å². The summed E-state index contributed by atoms with van der Waals surface area (Å²) in [5, 5.41) is 4.09. The Morgan fingerprint density at radius 2 is 1.95 bits per heavy atom. The van der Waals surface area contributed by atoms with Gasteiger partial charge in [-0.25, -0.2) is 4.39 Å². The van der Waals surface area contributed by atoms with Gasteiger partial charge in [-0.2, -0.15) is 0 Å². The summed E-state index contributed by atoms with van der Waals surface area (Å²) in [5.41, 5.74) is 0.554. The van der Waals surface area contributed by atoms with E-state index in [1.54, 1.807) is 0 Å². The van der Waals surface area contributed by atoms with Gasteiger partial charge in [-0.15, -0.1) is 12.4 Å². The average molecular weight is 342 g/mol. The monoisotopic (exact) mass is 340 g/mol. The minimum Gasteiger partial charge on any atom is -0.314 e. The Hall–Kier alpha value is -0.0600. The summed E-state index contributed by atoms with van der Waals surface area (Å²) >= 11 is 12.3. The molecule has 2 rings (SSSR count). The second kappa shape index (κ2) is 8.40. The molecule has 1 aliphatic rings. The third kappa shape index (κ3) is 3.99. The highest BCUT2D eigenvalue weighted by Gasteiger charge is 2.26. The molecule has 0 spiro atoms. The topological polar surface area (TPSA) is 15.3 Å². The molecule has 0 radical (unpaired) electrons. The first-order valence-electron chi connectivity index (χ1n) is 6.73. The van der Waals surface area contributed by atoms with Crippen molar-refractivity contribution >= 4 is 35.6 Å². The molecule has 0 amide bonds. The summed E-state index contributed by atoms with van der Waals surface area (Å²) in [6, 6.07) is 2.94. The van der Waals surface area contributed by atoms with Crippen molar-refractivity contribution in [3.63, 3.8) is 0 Å². The third-order valence-corrected chi connectivity index (χ3v) is 4.39. The largest absolute Gasteiger partial charge is 0.314 e. The van der Waals surface area contributed by atoms with E-state index in [1.807, 2.05) is 0 Å². The Labute approximate surface area is 136 Å². The second-order valence-corrected chi connectivity index (χ2v) is 5.63. The number of benzene rings is 1. The standard InChI is InChI=1S/C14H19Cl2FN2.ClH/c1-2-3-12(19-8-6-18-7-9-19)13-11(17)5-4-10(15)14(13)16;/h4-5,12,18H,2-3,6-9H2,1H3;1H/t12-;/m0./s1. The fraction of sp³-hybridized carbons (Fsp3) is 0.571. The van der Waals surface area contributed by atoms with Gasteiger partial charge in [-0.1, -0.05) is 36.5 Å². The lowest BCUT2D eigenvalue weighted by atomic mass is 9.99. The average Bonchev–Trinajstić information content (AvgIpc) is 2.43. The van der Waals surface area contributed by atoms with E-state index < -0.39 is 0 Å². The summed E-state index contributed by atoms with van der Waals surface area (Å²) in [7, 11) is 0. The lowest BCUT2D eigenvalue weighted by molar-refractivity contribution is 0.161. The highest BCUT2D eigenvalue weighted by molar-refractivity contribution is 6.42. The Morgan fingerprint density at radius 1 is 1.30 bits per heavy atom. The molecule has 1 atom stereocenters. The Kier molecular flexibility index (Phi) is 7.56. The third-order valence-electron chi connectivity index (χ3n) is 3.57. The number of rotatable bonds is 4. The van der Waals surface area contributed by atoms with Crippen molar-refractivity contribution in [1.82, 2.24) is 10.2 Å². The Bertz CT molecular complexity index is 437. The van der Waals surface area contributed by atoms with Crippen LogP contribution in [0.25, 0.3) is 0 Å². The zero-order valence-corrected chi connectivity index (χ0v) is 13.8. The molecule has 0 unspecified atom stereocenters. The van der Waals surface area contributed by atoms with E-state index in [-0.39, 0.29) is 24.3 Å². The molecule has 1 aromatic carbocycles. The van der Waals surface area contributed by atoms with Crippen molar-refractivity contribution in [1.29, 1.82) is 0 Å². The quantitative estimate of drug-likeness (QED) is 0.821. The van der Waals surface area contributed by atoms with Crippen LogP contribution in [0.15, 0.2) is 12.1 Å². The minimum atomic E-state index is -0.258. The molecule has 6 heteroatoms. The molecule has 1 saturated heterocycles. The maximum absolute atomic E-state index is 14.2. The molecule has 1 N–H and O–H groups in total. The Morgan fingerprint density at radius 3 is 2.55 bits per heavy atom. The molecule has 2 nitrogen and oxygen atoms in total. The van der Waals surface area contributed by atoms with Crippen molar-refractivity contribution in [3.8, 4) is 0 Å². The van der Waals surface area contributed by atoms with Crippen LogP contribution < -0.4 is 5.32 Å². The van der Waals surface area contributed by atoms with E-state index in [1.165, 1.54) is 12.1 Å². The van der Waals surface area contributed by atoms with Crippen molar-refractivity contribution < 1.29 is 4.39 Å². The highest BCUT2D eigenvalue weighted by Crippen LogP contribution is 2.37. The van der Waals surface area contributed by atoms with Crippen molar-refractivity contribution in [3.05, 3.63) is 33.6 Å². The van der Waals surface area contributed by atoms with Gasteiger partial charge >= 0.3 is 0 Å². The van der Waals surface area contributed by atoms with E-state index in [4.69, 9.17) is 23.2 Å². The fourth-order valence-electron chi connectivity index (χ4n) is 2.62. The molecule has 20 heavy (non-hydrogen) atoms. The first-order valence-corrected chi connectivity index (χ1v) is 7.49. The lowest BCUT2D eigenvalue weighted by Gasteiger charge is -2.35. The zero-order chi connectivity index (χ0) is 13.8. The lowest BCUT2D eigenvalue weighted by Crippen LogP contribution is -2.45. The maximum atomic E-state index is 14.2. The first kappa shape index (κ1) is 18.0. The summed E-state index contributed by atoms with van der Waals surface area (Å²) < 4.78 is 14.2. The molecule has 0 saturated carbocycles. The molecular weight excluding hydrogens is 322 g/mol. The highest BCUT2D eigenvalue weighted by atomic mass is 35.5. The zero-order valence-electron chi connectivity index (χ0n) is 11.5. The van der Waals surface area contributed by atoms with Gasteiger partial charge in [0.1, 0.15) is 5.82 Å². The molecule has 0 aromatic heterocycles. The van der Waals surface area contributed by atoms with Crippen LogP contribution in [0.1, 0.15) is 31.4 Å². The molecule has 1 fully saturated rings. The molecule has 0 aliphatic carbocycles. The fourth-order valence-corrected chi connectivity index (χ4v) is 3.07. The van der Waals surface area contributed by atoms with Crippen LogP contribution in [0.2, 0.25) is 10.0 Å². The van der Waals surface area contributed by atoms with Crippen LogP contribution in [-0.4, -0.2) is 31.1 Å². The minimum absolute atomic E-state index is 0. The van der Waals surface area contributed by atoms with Gasteiger partial charge in [-0.05, 0) is 18.6 Å². The number of hydrogen-bond acceptors (Lipinski definition) is 2. The van der Waals surface area contributed by atoms with Crippen LogP contribution in [0.4, 0.5) is 4.39 Å². The predicted octanol–water partition coefficient (Wildman–Crippen LogP) is 4.30. The summed E-state index contributed by atoms with van der Waals surface area (Å²) in [4.78, 5) is 2.29. The van der Waals surface area contributed by atoms with Crippen LogP contribution in [0.5, 0.6) is 0 Å². The summed E-state index contributed by atoms with van der Waals surface area (Å²) in [6.45, 7) is 5.78. The normalized spacial score (nSPS) is 17.6. The predicted molar refractivity (Wildman–Crippen MR) is 85.8 cm³/mol. The second-order valence-electron chi connectivity index (χ2n) is 4.85. The summed E-state index contributed by atoms with van der Waals surface area (Å²) in [5.74, 6) is -0.258. The van der Waals surface area contributed by atoms with Crippen LogP contribution in [-0.2, 0) is 0 Å². The van der Waals surface area contributed by atoms with E-state index >= 15 is 0 Å².